The summed E-state index contributed by atoms with van der Waals surface area (Å²) in [6, 6.07) is 11.8. The Morgan fingerprint density at radius 3 is 2.67 bits per heavy atom. The lowest BCUT2D eigenvalue weighted by atomic mass is 10.2. The first kappa shape index (κ1) is 21.6. The summed E-state index contributed by atoms with van der Waals surface area (Å²) in [5, 5.41) is 1.03. The highest BCUT2D eigenvalue weighted by Crippen LogP contribution is 2.30. The molecule has 2 heterocycles. The lowest BCUT2D eigenvalue weighted by Gasteiger charge is -2.37. The van der Waals surface area contributed by atoms with Gasteiger partial charge in [0.25, 0.3) is 0 Å². The number of imidazole rings is 1. The minimum atomic E-state index is 0.508. The van der Waals surface area contributed by atoms with E-state index >= 15 is 0 Å². The summed E-state index contributed by atoms with van der Waals surface area (Å²) in [5.74, 6) is 2.48. The SMILES string of the molecule is CCOc1ccccc1N1CCN(C(=S)SCc2nc3cc(Cl)c(Cl)cc3[nH]2)CC1. The minimum absolute atomic E-state index is 0.508. The molecule has 1 fully saturated rings. The van der Waals surface area contributed by atoms with Crippen LogP contribution in [0.25, 0.3) is 11.0 Å². The predicted molar refractivity (Wildman–Crippen MR) is 131 cm³/mol. The number of rotatable bonds is 5. The van der Waals surface area contributed by atoms with E-state index in [9.17, 15) is 0 Å². The third-order valence-corrected chi connectivity index (χ3v) is 7.21. The molecular weight excluding hydrogens is 459 g/mol. The van der Waals surface area contributed by atoms with Gasteiger partial charge in [-0.2, -0.15) is 0 Å². The number of piperazine rings is 1. The number of H-pyrrole nitrogens is 1. The Hall–Kier alpha value is -1.67. The van der Waals surface area contributed by atoms with Crippen molar-refractivity contribution in [3.63, 3.8) is 0 Å². The van der Waals surface area contributed by atoms with Gasteiger partial charge in [-0.3, -0.25) is 0 Å². The number of aromatic nitrogens is 2. The van der Waals surface area contributed by atoms with E-state index in [1.54, 1.807) is 23.9 Å². The van der Waals surface area contributed by atoms with Crippen molar-refractivity contribution >= 4 is 68.2 Å². The average Bonchev–Trinajstić information content (AvgIpc) is 3.14. The van der Waals surface area contributed by atoms with Gasteiger partial charge in [0.05, 0.1) is 39.1 Å². The van der Waals surface area contributed by atoms with Crippen molar-refractivity contribution in [3.8, 4) is 5.75 Å². The molecule has 1 aromatic heterocycles. The standard InChI is InChI=1S/C21H22Cl2N4OS2/c1-2-28-19-6-4-3-5-18(19)26-7-9-27(10-8-26)21(29)30-13-20-24-16-11-14(22)15(23)12-17(16)25-20/h3-6,11-12H,2,7-10,13H2,1H3,(H,24,25). The van der Waals surface area contributed by atoms with Crippen molar-refractivity contribution in [1.29, 1.82) is 0 Å². The Labute approximate surface area is 195 Å². The minimum Gasteiger partial charge on any atom is -0.492 e. The van der Waals surface area contributed by atoms with Gasteiger partial charge in [0, 0.05) is 26.2 Å². The Morgan fingerprint density at radius 2 is 1.90 bits per heavy atom. The van der Waals surface area contributed by atoms with Gasteiger partial charge in [-0.05, 0) is 31.2 Å². The molecule has 1 saturated heterocycles. The van der Waals surface area contributed by atoms with E-state index in [-0.39, 0.29) is 0 Å². The van der Waals surface area contributed by atoms with Crippen LogP contribution in [-0.4, -0.2) is 52.0 Å². The van der Waals surface area contributed by atoms with Gasteiger partial charge in [-0.15, -0.1) is 0 Å². The number of fused-ring (bicyclic) bond motifs is 1. The van der Waals surface area contributed by atoms with Crippen LogP contribution in [0.2, 0.25) is 10.0 Å². The van der Waals surface area contributed by atoms with Crippen molar-refractivity contribution in [1.82, 2.24) is 14.9 Å². The third-order valence-electron chi connectivity index (χ3n) is 4.95. The quantitative estimate of drug-likeness (QED) is 0.478. The fraction of sp³-hybridized carbons (Fsp3) is 0.333. The zero-order valence-electron chi connectivity index (χ0n) is 16.5. The number of para-hydroxylation sites is 2. The molecule has 30 heavy (non-hydrogen) atoms. The van der Waals surface area contributed by atoms with Gasteiger partial charge in [0.15, 0.2) is 0 Å². The van der Waals surface area contributed by atoms with Gasteiger partial charge in [0.2, 0.25) is 0 Å². The zero-order valence-corrected chi connectivity index (χ0v) is 19.7. The predicted octanol–water partition coefficient (Wildman–Crippen LogP) is 5.61. The number of benzene rings is 2. The molecule has 0 amide bonds. The fourth-order valence-electron chi connectivity index (χ4n) is 3.47. The maximum absolute atomic E-state index is 6.09. The van der Waals surface area contributed by atoms with Crippen molar-refractivity contribution in [2.24, 2.45) is 0 Å². The molecule has 158 valence electrons. The number of hydrogen-bond donors (Lipinski definition) is 1. The smallest absolute Gasteiger partial charge is 0.142 e. The van der Waals surface area contributed by atoms with E-state index in [0.717, 1.165) is 58.8 Å². The first-order chi connectivity index (χ1) is 14.5. The molecule has 0 spiro atoms. The molecule has 0 saturated carbocycles. The largest absolute Gasteiger partial charge is 0.492 e. The van der Waals surface area contributed by atoms with Crippen LogP contribution in [-0.2, 0) is 5.75 Å². The van der Waals surface area contributed by atoms with Gasteiger partial charge < -0.3 is 19.5 Å². The number of halogens is 2. The Bertz CT molecular complexity index is 1010. The van der Waals surface area contributed by atoms with Crippen LogP contribution in [0.4, 0.5) is 5.69 Å². The molecule has 0 bridgehead atoms. The second-order valence-electron chi connectivity index (χ2n) is 6.90. The highest BCUT2D eigenvalue weighted by atomic mass is 35.5. The summed E-state index contributed by atoms with van der Waals surface area (Å²) in [7, 11) is 0. The van der Waals surface area contributed by atoms with Gasteiger partial charge in [0.1, 0.15) is 15.9 Å². The van der Waals surface area contributed by atoms with Gasteiger partial charge >= 0.3 is 0 Å². The highest BCUT2D eigenvalue weighted by molar-refractivity contribution is 8.22. The maximum Gasteiger partial charge on any atom is 0.142 e. The molecule has 3 aromatic rings. The molecular formula is C21H22Cl2N4OS2. The van der Waals surface area contributed by atoms with Crippen LogP contribution in [0, 0.1) is 0 Å². The number of nitrogens with one attached hydrogen (secondary N) is 1. The number of thiocarbonyl (C=S) groups is 1. The lowest BCUT2D eigenvalue weighted by molar-refractivity contribution is 0.337. The maximum atomic E-state index is 6.09. The number of nitrogens with zero attached hydrogens (tertiary/aromatic N) is 3. The summed E-state index contributed by atoms with van der Waals surface area (Å²) < 4.78 is 6.67. The number of ether oxygens (including phenoxy) is 1. The van der Waals surface area contributed by atoms with Crippen molar-refractivity contribution in [3.05, 3.63) is 52.3 Å². The third kappa shape index (κ3) is 4.80. The van der Waals surface area contributed by atoms with E-state index in [2.05, 4.69) is 31.9 Å². The Balaban J connectivity index is 1.33. The number of hydrogen-bond acceptors (Lipinski definition) is 5. The second kappa shape index (κ2) is 9.64. The van der Waals surface area contributed by atoms with E-state index in [0.29, 0.717) is 22.4 Å². The average molecular weight is 481 g/mol. The van der Waals surface area contributed by atoms with Crippen LogP contribution in [0.15, 0.2) is 36.4 Å². The molecule has 0 radical (unpaired) electrons. The van der Waals surface area contributed by atoms with E-state index in [4.69, 9.17) is 40.2 Å². The summed E-state index contributed by atoms with van der Waals surface area (Å²) in [5.41, 5.74) is 2.84. The molecule has 9 heteroatoms. The van der Waals surface area contributed by atoms with Crippen LogP contribution in [0.1, 0.15) is 12.7 Å². The Morgan fingerprint density at radius 1 is 1.17 bits per heavy atom. The first-order valence-electron chi connectivity index (χ1n) is 9.77. The normalized spacial score (nSPS) is 14.4. The molecule has 0 aliphatic carbocycles. The number of thioether (sulfide) groups is 1. The van der Waals surface area contributed by atoms with Gasteiger partial charge in [-0.1, -0.05) is 59.3 Å². The molecule has 2 aromatic carbocycles. The van der Waals surface area contributed by atoms with E-state index < -0.39 is 0 Å². The number of aromatic amines is 1. The van der Waals surface area contributed by atoms with Crippen LogP contribution in [0.5, 0.6) is 5.75 Å². The molecule has 1 aliphatic heterocycles. The monoisotopic (exact) mass is 480 g/mol. The molecule has 5 nitrogen and oxygen atoms in total. The second-order valence-corrected chi connectivity index (χ2v) is 9.32. The molecule has 1 N–H and O–H groups in total. The Kier molecular flexibility index (Phi) is 6.93. The fourth-order valence-corrected chi connectivity index (χ4v) is 4.92. The van der Waals surface area contributed by atoms with Crippen LogP contribution in [0.3, 0.4) is 0 Å². The highest BCUT2D eigenvalue weighted by Gasteiger charge is 2.21. The summed E-state index contributed by atoms with van der Waals surface area (Å²) in [4.78, 5) is 12.5. The van der Waals surface area contributed by atoms with Crippen LogP contribution >= 0.6 is 47.2 Å². The first-order valence-corrected chi connectivity index (χ1v) is 11.9. The lowest BCUT2D eigenvalue weighted by Crippen LogP contribution is -2.47. The summed E-state index contributed by atoms with van der Waals surface area (Å²) in [6.07, 6.45) is 0. The van der Waals surface area contributed by atoms with Crippen molar-refractivity contribution in [2.75, 3.05) is 37.7 Å². The van der Waals surface area contributed by atoms with Crippen molar-refractivity contribution < 1.29 is 4.74 Å². The summed E-state index contributed by atoms with van der Waals surface area (Å²) >= 11 is 19.5. The van der Waals surface area contributed by atoms with E-state index in [1.165, 1.54) is 0 Å². The van der Waals surface area contributed by atoms with Crippen LogP contribution < -0.4 is 9.64 Å². The summed E-state index contributed by atoms with van der Waals surface area (Å²) in [6.45, 7) is 6.27. The topological polar surface area (TPSA) is 44.4 Å². The van der Waals surface area contributed by atoms with E-state index in [1.807, 2.05) is 19.1 Å². The molecule has 0 atom stereocenters. The molecule has 4 rings (SSSR count). The van der Waals surface area contributed by atoms with Crippen molar-refractivity contribution in [2.45, 2.75) is 12.7 Å². The zero-order chi connectivity index (χ0) is 21.1. The molecule has 1 aliphatic rings. The molecule has 0 unspecified atom stereocenters. The number of anilines is 1. The van der Waals surface area contributed by atoms with Gasteiger partial charge in [-0.25, -0.2) is 4.98 Å².